The number of hydrogen-bond acceptors (Lipinski definition) is 2. The maximum atomic E-state index is 12.2. The fourth-order valence-corrected chi connectivity index (χ4v) is 2.84. The van der Waals surface area contributed by atoms with Gasteiger partial charge in [-0.3, -0.25) is 4.79 Å². The molecule has 3 nitrogen and oxygen atoms in total. The molecule has 0 saturated heterocycles. The van der Waals surface area contributed by atoms with Gasteiger partial charge in [-0.1, -0.05) is 37.5 Å². The van der Waals surface area contributed by atoms with Crippen LogP contribution in [0.5, 0.6) is 0 Å². The van der Waals surface area contributed by atoms with Gasteiger partial charge in [0.25, 0.3) is 5.91 Å². The van der Waals surface area contributed by atoms with Crippen molar-refractivity contribution >= 4 is 5.91 Å². The Kier molecular flexibility index (Phi) is 5.40. The third-order valence-electron chi connectivity index (χ3n) is 3.95. The smallest absolute Gasteiger partial charge is 0.251 e. The van der Waals surface area contributed by atoms with Crippen molar-refractivity contribution in [2.45, 2.75) is 38.5 Å². The van der Waals surface area contributed by atoms with E-state index in [1.165, 1.54) is 32.1 Å². The summed E-state index contributed by atoms with van der Waals surface area (Å²) in [5.74, 6) is 0.717. The number of rotatable bonds is 5. The van der Waals surface area contributed by atoms with Gasteiger partial charge < -0.3 is 11.1 Å². The molecule has 1 aliphatic rings. The van der Waals surface area contributed by atoms with Gasteiger partial charge in [0, 0.05) is 12.1 Å². The van der Waals surface area contributed by atoms with Gasteiger partial charge in [-0.2, -0.15) is 0 Å². The van der Waals surface area contributed by atoms with E-state index in [0.717, 1.165) is 24.1 Å². The van der Waals surface area contributed by atoms with Crippen LogP contribution >= 0.6 is 0 Å². The van der Waals surface area contributed by atoms with Gasteiger partial charge >= 0.3 is 0 Å². The Hall–Kier alpha value is -1.35. The van der Waals surface area contributed by atoms with Crippen LogP contribution in [-0.4, -0.2) is 19.0 Å². The third-order valence-corrected chi connectivity index (χ3v) is 3.95. The van der Waals surface area contributed by atoms with Crippen LogP contribution in [0.25, 0.3) is 0 Å². The Morgan fingerprint density at radius 3 is 2.68 bits per heavy atom. The van der Waals surface area contributed by atoms with Crippen molar-refractivity contribution in [3.05, 3.63) is 35.4 Å². The van der Waals surface area contributed by atoms with Gasteiger partial charge in [-0.25, -0.2) is 0 Å². The molecule has 1 aromatic rings. The fraction of sp³-hybridized carbons (Fsp3) is 0.562. The second-order valence-corrected chi connectivity index (χ2v) is 5.41. The van der Waals surface area contributed by atoms with E-state index in [0.29, 0.717) is 12.5 Å². The Labute approximate surface area is 115 Å². The van der Waals surface area contributed by atoms with Gasteiger partial charge in [0.1, 0.15) is 0 Å². The van der Waals surface area contributed by atoms with E-state index in [-0.39, 0.29) is 5.91 Å². The lowest BCUT2D eigenvalue weighted by atomic mass is 9.89. The van der Waals surface area contributed by atoms with Crippen LogP contribution in [0.15, 0.2) is 24.3 Å². The highest BCUT2D eigenvalue weighted by molar-refractivity contribution is 5.95. The van der Waals surface area contributed by atoms with E-state index in [1.54, 1.807) is 0 Å². The van der Waals surface area contributed by atoms with Crippen molar-refractivity contribution in [1.82, 2.24) is 5.32 Å². The Morgan fingerprint density at radius 2 is 1.95 bits per heavy atom. The molecule has 0 spiro atoms. The third kappa shape index (κ3) is 4.06. The summed E-state index contributed by atoms with van der Waals surface area (Å²) in [5, 5.41) is 3.09. The molecule has 19 heavy (non-hydrogen) atoms. The van der Waals surface area contributed by atoms with Gasteiger partial charge in [0.2, 0.25) is 0 Å². The summed E-state index contributed by atoms with van der Waals surface area (Å²) >= 11 is 0. The molecule has 0 aliphatic heterocycles. The van der Waals surface area contributed by atoms with Crippen LogP contribution in [-0.2, 0) is 6.42 Å². The zero-order chi connectivity index (χ0) is 13.5. The van der Waals surface area contributed by atoms with Crippen LogP contribution in [0.4, 0.5) is 0 Å². The lowest BCUT2D eigenvalue weighted by molar-refractivity contribution is 0.0942. The highest BCUT2D eigenvalue weighted by atomic mass is 16.1. The minimum atomic E-state index is 0.0506. The second kappa shape index (κ2) is 7.29. The van der Waals surface area contributed by atoms with Gasteiger partial charge in [0.05, 0.1) is 0 Å². The molecule has 2 rings (SSSR count). The minimum Gasteiger partial charge on any atom is -0.352 e. The standard InChI is InChI=1S/C16H24N2O/c17-11-10-14-8-4-5-9-15(14)16(19)18-12-13-6-2-1-3-7-13/h4-5,8-9,13H,1-3,6-7,10-12,17H2,(H,18,19). The average Bonchev–Trinajstić information content (AvgIpc) is 2.47. The van der Waals surface area contributed by atoms with E-state index < -0.39 is 0 Å². The van der Waals surface area contributed by atoms with Crippen molar-refractivity contribution in [3.63, 3.8) is 0 Å². The average molecular weight is 260 g/mol. The number of carbonyl (C=O) groups excluding carboxylic acids is 1. The number of amides is 1. The number of carbonyl (C=O) groups is 1. The van der Waals surface area contributed by atoms with Crippen molar-refractivity contribution in [3.8, 4) is 0 Å². The van der Waals surface area contributed by atoms with Gasteiger partial charge in [-0.15, -0.1) is 0 Å². The predicted molar refractivity (Wildman–Crippen MR) is 78.1 cm³/mol. The molecule has 0 aromatic heterocycles. The lowest BCUT2D eigenvalue weighted by Crippen LogP contribution is -2.31. The summed E-state index contributed by atoms with van der Waals surface area (Å²) in [5.41, 5.74) is 7.42. The highest BCUT2D eigenvalue weighted by Gasteiger charge is 2.15. The van der Waals surface area contributed by atoms with Crippen molar-refractivity contribution in [2.24, 2.45) is 11.7 Å². The number of benzene rings is 1. The highest BCUT2D eigenvalue weighted by Crippen LogP contribution is 2.22. The first-order chi connectivity index (χ1) is 9.31. The molecule has 1 aliphatic carbocycles. The molecule has 0 bridgehead atoms. The number of hydrogen-bond donors (Lipinski definition) is 2. The van der Waals surface area contributed by atoms with Gasteiger partial charge in [-0.05, 0) is 43.4 Å². The lowest BCUT2D eigenvalue weighted by Gasteiger charge is -2.22. The van der Waals surface area contributed by atoms with Crippen LogP contribution in [0, 0.1) is 5.92 Å². The molecular weight excluding hydrogens is 236 g/mol. The second-order valence-electron chi connectivity index (χ2n) is 5.41. The van der Waals surface area contributed by atoms with Crippen molar-refractivity contribution in [2.75, 3.05) is 13.1 Å². The monoisotopic (exact) mass is 260 g/mol. The normalized spacial score (nSPS) is 16.3. The quantitative estimate of drug-likeness (QED) is 0.854. The Balaban J connectivity index is 1.91. The predicted octanol–water partition coefficient (Wildman–Crippen LogP) is 2.50. The zero-order valence-corrected chi connectivity index (χ0v) is 11.5. The van der Waals surface area contributed by atoms with E-state index >= 15 is 0 Å². The molecule has 0 unspecified atom stereocenters. The molecule has 0 atom stereocenters. The summed E-state index contributed by atoms with van der Waals surface area (Å²) < 4.78 is 0. The summed E-state index contributed by atoms with van der Waals surface area (Å²) in [6, 6.07) is 7.75. The molecule has 3 heteroatoms. The van der Waals surface area contributed by atoms with Crippen LogP contribution in [0.2, 0.25) is 0 Å². The molecule has 104 valence electrons. The first-order valence-corrected chi connectivity index (χ1v) is 7.37. The van der Waals surface area contributed by atoms with E-state index in [1.807, 2.05) is 24.3 Å². The van der Waals surface area contributed by atoms with Crippen molar-refractivity contribution in [1.29, 1.82) is 0 Å². The minimum absolute atomic E-state index is 0.0506. The number of nitrogens with one attached hydrogen (secondary N) is 1. The molecule has 1 amide bonds. The summed E-state index contributed by atoms with van der Waals surface area (Å²) in [7, 11) is 0. The van der Waals surface area contributed by atoms with Crippen LogP contribution < -0.4 is 11.1 Å². The molecule has 3 N–H and O–H groups in total. The topological polar surface area (TPSA) is 55.1 Å². The molecule has 1 aromatic carbocycles. The van der Waals surface area contributed by atoms with E-state index in [2.05, 4.69) is 5.32 Å². The van der Waals surface area contributed by atoms with E-state index in [9.17, 15) is 4.79 Å². The number of nitrogens with two attached hydrogens (primary N) is 1. The summed E-state index contributed by atoms with van der Waals surface area (Å²) in [4.78, 5) is 12.2. The molecule has 0 heterocycles. The van der Waals surface area contributed by atoms with E-state index in [4.69, 9.17) is 5.73 Å². The SMILES string of the molecule is NCCc1ccccc1C(=O)NCC1CCCCC1. The largest absolute Gasteiger partial charge is 0.352 e. The molecule has 1 fully saturated rings. The maximum Gasteiger partial charge on any atom is 0.251 e. The first kappa shape index (κ1) is 14.1. The van der Waals surface area contributed by atoms with Gasteiger partial charge in [0.15, 0.2) is 0 Å². The molecular formula is C16H24N2O. The zero-order valence-electron chi connectivity index (χ0n) is 11.5. The van der Waals surface area contributed by atoms with Crippen molar-refractivity contribution < 1.29 is 4.79 Å². The summed E-state index contributed by atoms with van der Waals surface area (Å²) in [6.07, 6.45) is 7.24. The summed E-state index contributed by atoms with van der Waals surface area (Å²) in [6.45, 7) is 1.39. The van der Waals surface area contributed by atoms with Crippen LogP contribution in [0.1, 0.15) is 48.0 Å². The fourth-order valence-electron chi connectivity index (χ4n) is 2.84. The molecule has 1 saturated carbocycles. The Morgan fingerprint density at radius 1 is 1.21 bits per heavy atom. The Bertz CT molecular complexity index is 411. The molecule has 0 radical (unpaired) electrons. The first-order valence-electron chi connectivity index (χ1n) is 7.37. The maximum absolute atomic E-state index is 12.2. The van der Waals surface area contributed by atoms with Crippen LogP contribution in [0.3, 0.4) is 0 Å².